The molecule has 1 atom stereocenters. The maximum Gasteiger partial charge on any atom is 0.416 e. The fourth-order valence-corrected chi connectivity index (χ4v) is 1.52. The van der Waals surface area contributed by atoms with Crippen LogP contribution in [0.25, 0.3) is 0 Å². The zero-order chi connectivity index (χ0) is 14.1. The second-order valence-corrected chi connectivity index (χ2v) is 3.81. The molecule has 1 aromatic rings. The van der Waals surface area contributed by atoms with Gasteiger partial charge in [-0.3, -0.25) is 0 Å². The van der Waals surface area contributed by atoms with E-state index >= 15 is 0 Å². The van der Waals surface area contributed by atoms with Crippen LogP contribution in [0.1, 0.15) is 36.1 Å². The average molecular weight is 271 g/mol. The van der Waals surface area contributed by atoms with E-state index in [0.717, 1.165) is 0 Å². The number of alkyl halides is 6. The standard InChI is InChI=1S/C11H11F6N/c1-2-9(18)7-5-6(10(12,13)14)3-4-8(7)11(15,16)17/h3-5,9H,2,18H2,1H3. The summed E-state index contributed by atoms with van der Waals surface area (Å²) in [6.45, 7) is 1.51. The molecule has 0 amide bonds. The van der Waals surface area contributed by atoms with Gasteiger partial charge in [-0.2, -0.15) is 26.3 Å². The van der Waals surface area contributed by atoms with Crippen molar-refractivity contribution in [1.82, 2.24) is 0 Å². The maximum absolute atomic E-state index is 12.6. The molecule has 18 heavy (non-hydrogen) atoms. The van der Waals surface area contributed by atoms with Crippen LogP contribution in [0.4, 0.5) is 26.3 Å². The molecule has 0 fully saturated rings. The van der Waals surface area contributed by atoms with E-state index in [9.17, 15) is 26.3 Å². The van der Waals surface area contributed by atoms with Gasteiger partial charge in [0.15, 0.2) is 0 Å². The van der Waals surface area contributed by atoms with Gasteiger partial charge in [-0.05, 0) is 30.2 Å². The van der Waals surface area contributed by atoms with Gasteiger partial charge in [-0.15, -0.1) is 0 Å². The third kappa shape index (κ3) is 3.16. The van der Waals surface area contributed by atoms with E-state index in [0.29, 0.717) is 18.2 Å². The van der Waals surface area contributed by atoms with Crippen molar-refractivity contribution in [3.05, 3.63) is 34.9 Å². The monoisotopic (exact) mass is 271 g/mol. The highest BCUT2D eigenvalue weighted by molar-refractivity contribution is 5.37. The molecule has 0 saturated heterocycles. The minimum absolute atomic E-state index is 0.115. The summed E-state index contributed by atoms with van der Waals surface area (Å²) in [7, 11) is 0. The Morgan fingerprint density at radius 3 is 2.00 bits per heavy atom. The van der Waals surface area contributed by atoms with Crippen LogP contribution in [0.5, 0.6) is 0 Å². The normalized spacial score (nSPS) is 14.7. The lowest BCUT2D eigenvalue weighted by molar-refractivity contribution is -0.142. The fourth-order valence-electron chi connectivity index (χ4n) is 1.52. The van der Waals surface area contributed by atoms with Gasteiger partial charge in [0.25, 0.3) is 0 Å². The molecule has 0 aliphatic carbocycles. The first-order valence-electron chi connectivity index (χ1n) is 5.11. The number of hydrogen-bond acceptors (Lipinski definition) is 1. The van der Waals surface area contributed by atoms with Crippen LogP contribution in [0.2, 0.25) is 0 Å². The van der Waals surface area contributed by atoms with E-state index in [1.54, 1.807) is 0 Å². The number of hydrogen-bond donors (Lipinski definition) is 1. The van der Waals surface area contributed by atoms with Gasteiger partial charge in [0.2, 0.25) is 0 Å². The summed E-state index contributed by atoms with van der Waals surface area (Å²) in [5.74, 6) is 0. The number of halogens is 6. The lowest BCUT2D eigenvalue weighted by atomic mass is 9.96. The molecule has 2 N–H and O–H groups in total. The lowest BCUT2D eigenvalue weighted by Crippen LogP contribution is -2.18. The molecule has 0 bridgehead atoms. The molecule has 1 aromatic carbocycles. The van der Waals surface area contributed by atoms with Gasteiger partial charge >= 0.3 is 12.4 Å². The van der Waals surface area contributed by atoms with Crippen molar-refractivity contribution in [3.63, 3.8) is 0 Å². The zero-order valence-electron chi connectivity index (χ0n) is 9.36. The smallest absolute Gasteiger partial charge is 0.324 e. The minimum atomic E-state index is -4.72. The quantitative estimate of drug-likeness (QED) is 0.804. The predicted octanol–water partition coefficient (Wildman–Crippen LogP) is 4.13. The number of benzene rings is 1. The van der Waals surface area contributed by atoms with Crippen molar-refractivity contribution in [2.45, 2.75) is 31.7 Å². The summed E-state index contributed by atoms with van der Waals surface area (Å²) in [6.07, 6.45) is -9.29. The van der Waals surface area contributed by atoms with E-state index in [4.69, 9.17) is 5.73 Å². The van der Waals surface area contributed by atoms with Crippen molar-refractivity contribution in [1.29, 1.82) is 0 Å². The molecule has 1 unspecified atom stereocenters. The Kier molecular flexibility index (Phi) is 3.95. The van der Waals surface area contributed by atoms with Crippen molar-refractivity contribution >= 4 is 0 Å². The van der Waals surface area contributed by atoms with Crippen LogP contribution in [-0.2, 0) is 12.4 Å². The molecule has 0 heterocycles. The number of rotatable bonds is 2. The molecule has 1 nitrogen and oxygen atoms in total. The summed E-state index contributed by atoms with van der Waals surface area (Å²) >= 11 is 0. The first-order valence-corrected chi connectivity index (χ1v) is 5.11. The highest BCUT2D eigenvalue weighted by Gasteiger charge is 2.37. The second kappa shape index (κ2) is 4.79. The van der Waals surface area contributed by atoms with Gasteiger partial charge in [-0.1, -0.05) is 6.92 Å². The van der Waals surface area contributed by atoms with E-state index in [1.807, 2.05) is 0 Å². The Bertz CT molecular complexity index is 421. The first-order chi connectivity index (χ1) is 8.07. The van der Waals surface area contributed by atoms with Crippen LogP contribution in [0, 0.1) is 0 Å². The van der Waals surface area contributed by atoms with Crippen molar-refractivity contribution < 1.29 is 26.3 Å². The Balaban J connectivity index is 3.39. The third-order valence-electron chi connectivity index (χ3n) is 2.52. The topological polar surface area (TPSA) is 26.0 Å². The van der Waals surface area contributed by atoms with E-state index in [-0.39, 0.29) is 6.42 Å². The first kappa shape index (κ1) is 14.8. The summed E-state index contributed by atoms with van der Waals surface area (Å²) in [6, 6.07) is 0.225. The Hall–Kier alpha value is -1.24. The second-order valence-electron chi connectivity index (χ2n) is 3.81. The maximum atomic E-state index is 12.6. The molecule has 0 aromatic heterocycles. The van der Waals surface area contributed by atoms with E-state index < -0.39 is 35.1 Å². The SMILES string of the molecule is CCC(N)c1cc(C(F)(F)F)ccc1C(F)(F)F. The molecule has 0 radical (unpaired) electrons. The molecular formula is C11H11F6N. The minimum Gasteiger partial charge on any atom is -0.324 e. The molecule has 0 aliphatic rings. The van der Waals surface area contributed by atoms with Crippen LogP contribution >= 0.6 is 0 Å². The van der Waals surface area contributed by atoms with Crippen LogP contribution < -0.4 is 5.73 Å². The van der Waals surface area contributed by atoms with Crippen LogP contribution in [0.3, 0.4) is 0 Å². The Morgan fingerprint density at radius 1 is 1.06 bits per heavy atom. The van der Waals surface area contributed by atoms with Gasteiger partial charge in [0.05, 0.1) is 11.1 Å². The summed E-state index contributed by atoms with van der Waals surface area (Å²) in [4.78, 5) is 0. The fraction of sp³-hybridized carbons (Fsp3) is 0.455. The third-order valence-corrected chi connectivity index (χ3v) is 2.52. The van der Waals surface area contributed by atoms with Gasteiger partial charge in [0.1, 0.15) is 0 Å². The van der Waals surface area contributed by atoms with Crippen LogP contribution in [0.15, 0.2) is 18.2 Å². The van der Waals surface area contributed by atoms with E-state index in [1.165, 1.54) is 6.92 Å². The lowest BCUT2D eigenvalue weighted by Gasteiger charge is -2.19. The molecular weight excluding hydrogens is 260 g/mol. The van der Waals surface area contributed by atoms with E-state index in [2.05, 4.69) is 0 Å². The number of nitrogens with two attached hydrogens (primary N) is 1. The molecule has 0 aliphatic heterocycles. The van der Waals surface area contributed by atoms with Gasteiger partial charge in [0, 0.05) is 6.04 Å². The Morgan fingerprint density at radius 2 is 1.61 bits per heavy atom. The molecule has 0 spiro atoms. The summed E-state index contributed by atoms with van der Waals surface area (Å²) in [5.41, 5.74) is 2.66. The summed E-state index contributed by atoms with van der Waals surface area (Å²) < 4.78 is 75.2. The molecule has 102 valence electrons. The predicted molar refractivity (Wildman–Crippen MR) is 53.7 cm³/mol. The zero-order valence-corrected chi connectivity index (χ0v) is 9.36. The highest BCUT2D eigenvalue weighted by atomic mass is 19.4. The largest absolute Gasteiger partial charge is 0.416 e. The molecule has 0 saturated carbocycles. The average Bonchev–Trinajstić information content (AvgIpc) is 2.24. The van der Waals surface area contributed by atoms with Gasteiger partial charge in [-0.25, -0.2) is 0 Å². The van der Waals surface area contributed by atoms with Crippen molar-refractivity contribution in [2.75, 3.05) is 0 Å². The highest BCUT2D eigenvalue weighted by Crippen LogP contribution is 2.38. The van der Waals surface area contributed by atoms with Crippen LogP contribution in [-0.4, -0.2) is 0 Å². The molecule has 1 rings (SSSR count). The van der Waals surface area contributed by atoms with Crippen molar-refractivity contribution in [3.8, 4) is 0 Å². The van der Waals surface area contributed by atoms with Gasteiger partial charge < -0.3 is 5.73 Å². The molecule has 7 heteroatoms. The summed E-state index contributed by atoms with van der Waals surface area (Å²) in [5, 5.41) is 0. The Labute approximate surface area is 99.6 Å². The van der Waals surface area contributed by atoms with Crippen molar-refractivity contribution in [2.24, 2.45) is 5.73 Å².